The highest BCUT2D eigenvalue weighted by Gasteiger charge is 2.31. The summed E-state index contributed by atoms with van der Waals surface area (Å²) in [6.07, 6.45) is 5.12. The van der Waals surface area contributed by atoms with Crippen LogP contribution in [0.4, 0.5) is 5.69 Å². The molecule has 0 spiro atoms. The van der Waals surface area contributed by atoms with Gasteiger partial charge >= 0.3 is 0 Å². The van der Waals surface area contributed by atoms with E-state index in [0.717, 1.165) is 28.9 Å². The zero-order valence-corrected chi connectivity index (χ0v) is 19.1. The van der Waals surface area contributed by atoms with Crippen molar-refractivity contribution in [1.29, 1.82) is 0 Å². The number of aryl methyl sites for hydroxylation is 2. The van der Waals surface area contributed by atoms with E-state index in [1.165, 1.54) is 4.31 Å². The third-order valence-corrected chi connectivity index (χ3v) is 6.31. The minimum Gasteiger partial charge on any atom is -0.350 e. The average Bonchev–Trinajstić information content (AvgIpc) is 3.16. The van der Waals surface area contributed by atoms with Crippen molar-refractivity contribution in [2.45, 2.75) is 39.8 Å². The molecule has 8 heteroatoms. The van der Waals surface area contributed by atoms with Crippen molar-refractivity contribution < 1.29 is 13.2 Å². The Balaban J connectivity index is 1.74. The molecule has 0 fully saturated rings. The number of nitrogens with one attached hydrogen (secondary N) is 1. The number of aromatic nitrogens is 2. The van der Waals surface area contributed by atoms with Crippen LogP contribution in [0.1, 0.15) is 30.3 Å². The van der Waals surface area contributed by atoms with Crippen LogP contribution in [-0.4, -0.2) is 36.2 Å². The fourth-order valence-electron chi connectivity index (χ4n) is 3.48. The summed E-state index contributed by atoms with van der Waals surface area (Å²) in [4.78, 5) is 17.2. The Bertz CT molecular complexity index is 1140. The van der Waals surface area contributed by atoms with Gasteiger partial charge in [0.05, 0.1) is 11.9 Å². The lowest BCUT2D eigenvalue weighted by Crippen LogP contribution is -2.49. The van der Waals surface area contributed by atoms with Crippen LogP contribution < -0.4 is 9.62 Å². The lowest BCUT2D eigenvalue weighted by molar-refractivity contribution is -0.122. The number of hydrogen-bond acceptors (Lipinski definition) is 4. The molecule has 3 aromatic rings. The number of anilines is 1. The Morgan fingerprint density at radius 1 is 1.10 bits per heavy atom. The van der Waals surface area contributed by atoms with Crippen molar-refractivity contribution in [3.05, 3.63) is 77.9 Å². The highest BCUT2D eigenvalue weighted by Crippen LogP contribution is 2.23. The first-order valence-corrected chi connectivity index (χ1v) is 12.0. The second-order valence-corrected chi connectivity index (χ2v) is 9.41. The molecular formula is C23H28N4O3S. The minimum absolute atomic E-state index is 0.310. The van der Waals surface area contributed by atoms with Crippen molar-refractivity contribution >= 4 is 21.6 Å². The summed E-state index contributed by atoms with van der Waals surface area (Å²) >= 11 is 0. The summed E-state index contributed by atoms with van der Waals surface area (Å²) < 4.78 is 28.2. The van der Waals surface area contributed by atoms with E-state index in [1.54, 1.807) is 25.3 Å². The van der Waals surface area contributed by atoms with E-state index in [9.17, 15) is 13.2 Å². The fourth-order valence-corrected chi connectivity index (χ4v) is 4.70. The number of nitrogens with zero attached hydrogens (tertiary/aromatic N) is 3. The number of carbonyl (C=O) groups is 1. The molecule has 0 bridgehead atoms. The van der Waals surface area contributed by atoms with Gasteiger partial charge < -0.3 is 9.88 Å². The Labute approximate surface area is 183 Å². The van der Waals surface area contributed by atoms with Crippen molar-refractivity contribution in [1.82, 2.24) is 14.9 Å². The van der Waals surface area contributed by atoms with Crippen LogP contribution in [0.15, 0.2) is 60.9 Å². The molecule has 1 unspecified atom stereocenters. The highest BCUT2D eigenvalue weighted by atomic mass is 32.2. The molecule has 0 radical (unpaired) electrons. The van der Waals surface area contributed by atoms with Gasteiger partial charge in [-0.15, -0.1) is 0 Å². The monoisotopic (exact) mass is 440 g/mol. The van der Waals surface area contributed by atoms with Crippen LogP contribution in [0.3, 0.4) is 0 Å². The molecule has 0 aliphatic carbocycles. The van der Waals surface area contributed by atoms with E-state index < -0.39 is 16.1 Å². The van der Waals surface area contributed by atoms with Gasteiger partial charge in [-0.05, 0) is 50.1 Å². The van der Waals surface area contributed by atoms with E-state index in [0.29, 0.717) is 18.7 Å². The van der Waals surface area contributed by atoms with Crippen LogP contribution >= 0.6 is 0 Å². The quantitative estimate of drug-likeness (QED) is 0.582. The van der Waals surface area contributed by atoms with Crippen LogP contribution in [0.2, 0.25) is 0 Å². The second-order valence-electron chi connectivity index (χ2n) is 7.55. The first kappa shape index (κ1) is 22.6. The Morgan fingerprint density at radius 2 is 1.74 bits per heavy atom. The molecule has 1 aromatic heterocycles. The number of hydrogen-bond donors (Lipinski definition) is 1. The van der Waals surface area contributed by atoms with Crippen LogP contribution in [0.5, 0.6) is 0 Å². The van der Waals surface area contributed by atoms with E-state index in [2.05, 4.69) is 10.3 Å². The smallest absolute Gasteiger partial charge is 0.244 e. The SMILES string of the molecule is CCC(C(=O)NCc1ccc(-n2ccnc2C)cc1)N(c1ccc(C)cc1)S(C)(=O)=O. The topological polar surface area (TPSA) is 84.3 Å². The standard InChI is InChI=1S/C23H28N4O3S/c1-5-22(27(31(4,29)30)21-10-6-17(2)7-11-21)23(28)25-16-19-8-12-20(13-9-19)26-15-14-24-18(26)3/h6-15,22H,5,16H2,1-4H3,(H,25,28). The van der Waals surface area contributed by atoms with Crippen molar-refractivity contribution in [3.63, 3.8) is 0 Å². The average molecular weight is 441 g/mol. The van der Waals surface area contributed by atoms with E-state index in [1.807, 2.05) is 61.0 Å². The van der Waals surface area contributed by atoms with Gasteiger partial charge in [-0.2, -0.15) is 0 Å². The number of amides is 1. The number of benzene rings is 2. The van der Waals surface area contributed by atoms with Gasteiger partial charge in [0.15, 0.2) is 0 Å². The van der Waals surface area contributed by atoms with Crippen LogP contribution in [0.25, 0.3) is 5.69 Å². The number of carbonyl (C=O) groups excluding carboxylic acids is 1. The first-order chi connectivity index (χ1) is 14.7. The summed E-state index contributed by atoms with van der Waals surface area (Å²) in [6, 6.07) is 14.1. The largest absolute Gasteiger partial charge is 0.350 e. The molecule has 3 rings (SSSR count). The number of rotatable bonds is 8. The first-order valence-electron chi connectivity index (χ1n) is 10.1. The minimum atomic E-state index is -3.64. The molecule has 1 N–H and O–H groups in total. The molecule has 2 aromatic carbocycles. The molecule has 1 atom stereocenters. The van der Waals surface area contributed by atoms with Gasteiger partial charge in [-0.25, -0.2) is 13.4 Å². The number of sulfonamides is 1. The van der Waals surface area contributed by atoms with E-state index in [-0.39, 0.29) is 5.91 Å². The lowest BCUT2D eigenvalue weighted by Gasteiger charge is -2.30. The molecule has 31 heavy (non-hydrogen) atoms. The third-order valence-electron chi connectivity index (χ3n) is 5.13. The van der Waals surface area contributed by atoms with Gasteiger partial charge in [-0.3, -0.25) is 9.10 Å². The molecule has 164 valence electrons. The van der Waals surface area contributed by atoms with Gasteiger partial charge in [0, 0.05) is 24.6 Å². The van der Waals surface area contributed by atoms with Gasteiger partial charge in [0.2, 0.25) is 15.9 Å². The lowest BCUT2D eigenvalue weighted by atomic mass is 10.1. The Hall–Kier alpha value is -3.13. The predicted molar refractivity (Wildman–Crippen MR) is 123 cm³/mol. The van der Waals surface area contributed by atoms with Crippen molar-refractivity contribution in [2.75, 3.05) is 10.6 Å². The molecular weight excluding hydrogens is 412 g/mol. The molecule has 0 aliphatic rings. The van der Waals surface area contributed by atoms with Gasteiger partial charge in [0.1, 0.15) is 11.9 Å². The molecule has 1 amide bonds. The number of imidazole rings is 1. The summed E-state index contributed by atoms with van der Waals surface area (Å²) in [5.74, 6) is 0.562. The molecule has 0 saturated carbocycles. The zero-order chi connectivity index (χ0) is 22.6. The zero-order valence-electron chi connectivity index (χ0n) is 18.2. The Kier molecular flexibility index (Phi) is 6.80. The molecule has 0 aliphatic heterocycles. The maximum Gasteiger partial charge on any atom is 0.244 e. The predicted octanol–water partition coefficient (Wildman–Crippen LogP) is 3.35. The summed E-state index contributed by atoms with van der Waals surface area (Å²) in [5, 5.41) is 2.89. The summed E-state index contributed by atoms with van der Waals surface area (Å²) in [7, 11) is -3.64. The van der Waals surface area contributed by atoms with Crippen LogP contribution in [-0.2, 0) is 21.4 Å². The maximum atomic E-state index is 12.9. The highest BCUT2D eigenvalue weighted by molar-refractivity contribution is 7.92. The molecule has 7 nitrogen and oxygen atoms in total. The normalized spacial score (nSPS) is 12.4. The van der Waals surface area contributed by atoms with Gasteiger partial charge in [0.25, 0.3) is 0 Å². The van der Waals surface area contributed by atoms with E-state index >= 15 is 0 Å². The van der Waals surface area contributed by atoms with Gasteiger partial charge in [-0.1, -0.05) is 36.8 Å². The third kappa shape index (κ3) is 5.32. The van der Waals surface area contributed by atoms with Crippen LogP contribution in [0, 0.1) is 13.8 Å². The maximum absolute atomic E-state index is 12.9. The molecule has 1 heterocycles. The van der Waals surface area contributed by atoms with Crippen molar-refractivity contribution in [2.24, 2.45) is 0 Å². The summed E-state index contributed by atoms with van der Waals surface area (Å²) in [6.45, 7) is 5.97. The van der Waals surface area contributed by atoms with Crippen molar-refractivity contribution in [3.8, 4) is 5.69 Å². The fraction of sp³-hybridized carbons (Fsp3) is 0.304. The molecule has 0 saturated heterocycles. The Morgan fingerprint density at radius 3 is 2.26 bits per heavy atom. The van der Waals surface area contributed by atoms with E-state index in [4.69, 9.17) is 0 Å². The second kappa shape index (κ2) is 9.34. The summed E-state index contributed by atoms with van der Waals surface area (Å²) in [5.41, 5.74) is 3.41.